The van der Waals surface area contributed by atoms with Gasteiger partial charge in [0, 0.05) is 6.54 Å². The summed E-state index contributed by atoms with van der Waals surface area (Å²) >= 11 is 0. The smallest absolute Gasteiger partial charge is 0.326 e. The highest BCUT2D eigenvalue weighted by Crippen LogP contribution is 2.18. The number of benzene rings is 1. The van der Waals surface area contributed by atoms with Crippen molar-refractivity contribution in [2.75, 3.05) is 6.54 Å². The molecule has 1 aromatic carbocycles. The number of carbonyl (C=O) groups is 3. The molecule has 2 rings (SSSR count). The van der Waals surface area contributed by atoms with E-state index in [-0.39, 0.29) is 5.91 Å². The number of hydrogen-bond donors (Lipinski definition) is 3. The molecule has 0 spiro atoms. The minimum Gasteiger partial charge on any atom is -0.480 e. The van der Waals surface area contributed by atoms with Crippen LogP contribution in [0.2, 0.25) is 0 Å². The monoisotopic (exact) mass is 362 g/mol. The van der Waals surface area contributed by atoms with Crippen LogP contribution in [-0.4, -0.2) is 57.6 Å². The van der Waals surface area contributed by atoms with Crippen molar-refractivity contribution in [1.82, 2.24) is 10.2 Å². The normalized spacial score (nSPS) is 19.6. The highest BCUT2D eigenvalue weighted by molar-refractivity contribution is 5.87. The summed E-state index contributed by atoms with van der Waals surface area (Å²) in [6.07, 6.45) is 2.90. The Hall–Kier alpha value is -2.41. The average molecular weight is 362 g/mol. The highest BCUT2D eigenvalue weighted by atomic mass is 16.4. The van der Waals surface area contributed by atoms with Crippen molar-refractivity contribution < 1.29 is 24.6 Å². The second-order valence-electron chi connectivity index (χ2n) is 6.68. The third kappa shape index (κ3) is 5.29. The van der Waals surface area contributed by atoms with E-state index in [1.165, 1.54) is 4.90 Å². The van der Waals surface area contributed by atoms with Gasteiger partial charge in [-0.15, -0.1) is 0 Å². The third-order valence-electron chi connectivity index (χ3n) is 4.76. The zero-order chi connectivity index (χ0) is 19.1. The predicted octanol–water partition coefficient (Wildman–Crippen LogP) is 1.52. The quantitative estimate of drug-likeness (QED) is 0.647. The number of piperidine rings is 1. The Morgan fingerprint density at radius 2 is 1.88 bits per heavy atom. The van der Waals surface area contributed by atoms with Crippen LogP contribution in [0.3, 0.4) is 0 Å². The molecule has 1 heterocycles. The summed E-state index contributed by atoms with van der Waals surface area (Å²) < 4.78 is 0. The van der Waals surface area contributed by atoms with Crippen molar-refractivity contribution in [3.8, 4) is 0 Å². The van der Waals surface area contributed by atoms with Gasteiger partial charge in [0.1, 0.15) is 12.1 Å². The molecule has 3 N–H and O–H groups in total. The van der Waals surface area contributed by atoms with E-state index in [9.17, 15) is 24.6 Å². The van der Waals surface area contributed by atoms with E-state index in [2.05, 4.69) is 5.32 Å². The number of amides is 1. The van der Waals surface area contributed by atoms with Crippen LogP contribution in [0, 0.1) is 0 Å². The van der Waals surface area contributed by atoms with Gasteiger partial charge in [0.25, 0.3) is 0 Å². The van der Waals surface area contributed by atoms with E-state index in [1.807, 2.05) is 30.3 Å². The highest BCUT2D eigenvalue weighted by Gasteiger charge is 2.35. The Kier molecular flexibility index (Phi) is 7.15. The molecule has 1 aliphatic heterocycles. The van der Waals surface area contributed by atoms with E-state index in [4.69, 9.17) is 0 Å². The number of nitrogens with zero attached hydrogens (tertiary/aromatic N) is 1. The lowest BCUT2D eigenvalue weighted by Gasteiger charge is -2.35. The summed E-state index contributed by atoms with van der Waals surface area (Å²) in [5, 5.41) is 21.6. The van der Waals surface area contributed by atoms with Gasteiger partial charge < -0.3 is 15.1 Å². The molecule has 0 bridgehead atoms. The van der Waals surface area contributed by atoms with Gasteiger partial charge in [0.2, 0.25) is 5.91 Å². The summed E-state index contributed by atoms with van der Waals surface area (Å²) in [6.45, 7) is 1.98. The predicted molar refractivity (Wildman–Crippen MR) is 95.8 cm³/mol. The molecule has 1 fully saturated rings. The molecule has 1 aliphatic rings. The molecule has 3 atom stereocenters. The van der Waals surface area contributed by atoms with Crippen molar-refractivity contribution >= 4 is 17.8 Å². The van der Waals surface area contributed by atoms with Gasteiger partial charge in [0.15, 0.2) is 0 Å². The molecular weight excluding hydrogens is 336 g/mol. The van der Waals surface area contributed by atoms with Crippen LogP contribution in [0.5, 0.6) is 0 Å². The Balaban J connectivity index is 1.97. The molecular formula is C19H26N2O5. The molecule has 7 nitrogen and oxygen atoms in total. The van der Waals surface area contributed by atoms with Gasteiger partial charge >= 0.3 is 11.9 Å². The number of carboxylic acids is 2. The van der Waals surface area contributed by atoms with Crippen molar-refractivity contribution in [3.05, 3.63) is 35.9 Å². The van der Waals surface area contributed by atoms with E-state index < -0.39 is 30.1 Å². The Morgan fingerprint density at radius 1 is 1.19 bits per heavy atom. The topological polar surface area (TPSA) is 107 Å². The molecule has 7 heteroatoms. The molecule has 26 heavy (non-hydrogen) atoms. The fourth-order valence-electron chi connectivity index (χ4n) is 3.31. The number of carbonyl (C=O) groups excluding carboxylic acids is 1. The maximum Gasteiger partial charge on any atom is 0.326 e. The summed E-state index contributed by atoms with van der Waals surface area (Å²) in [6, 6.07) is 7.09. The first kappa shape index (κ1) is 19.9. The molecule has 142 valence electrons. The van der Waals surface area contributed by atoms with Crippen LogP contribution in [-0.2, 0) is 20.8 Å². The lowest BCUT2D eigenvalue weighted by Crippen LogP contribution is -2.56. The molecule has 0 radical (unpaired) electrons. The minimum absolute atomic E-state index is 0.347. The third-order valence-corrected chi connectivity index (χ3v) is 4.76. The Bertz CT molecular complexity index is 634. The Labute approximate surface area is 153 Å². The first-order valence-corrected chi connectivity index (χ1v) is 8.96. The SMILES string of the molecule is C[C@H](NC(CCc1ccccc1)C(=O)O)C(=O)N1CCCCC1C(=O)O. The van der Waals surface area contributed by atoms with Gasteiger partial charge in [-0.25, -0.2) is 4.79 Å². The summed E-state index contributed by atoms with van der Waals surface area (Å²) in [5.74, 6) is -2.39. The summed E-state index contributed by atoms with van der Waals surface area (Å²) in [5.41, 5.74) is 1.03. The minimum atomic E-state index is -1.02. The van der Waals surface area contributed by atoms with Gasteiger partial charge in [0.05, 0.1) is 6.04 Å². The number of aliphatic carboxylic acids is 2. The van der Waals surface area contributed by atoms with Gasteiger partial charge in [-0.05, 0) is 44.6 Å². The standard InChI is InChI=1S/C19H26N2O5/c1-13(17(22)21-12-6-5-9-16(21)19(25)26)20-15(18(23)24)11-10-14-7-3-2-4-8-14/h2-4,7-8,13,15-16,20H,5-6,9-12H2,1H3,(H,23,24)(H,25,26)/t13-,15?,16?/m0/s1. The summed E-state index contributed by atoms with van der Waals surface area (Å²) in [7, 11) is 0. The van der Waals surface area contributed by atoms with Crippen molar-refractivity contribution in [2.24, 2.45) is 0 Å². The lowest BCUT2D eigenvalue weighted by atomic mass is 10.0. The molecule has 1 aromatic rings. The van der Waals surface area contributed by atoms with Crippen molar-refractivity contribution in [1.29, 1.82) is 0 Å². The van der Waals surface area contributed by atoms with Gasteiger partial charge in [-0.1, -0.05) is 30.3 Å². The number of rotatable bonds is 8. The van der Waals surface area contributed by atoms with E-state index in [1.54, 1.807) is 6.92 Å². The van der Waals surface area contributed by atoms with Crippen LogP contribution >= 0.6 is 0 Å². The second kappa shape index (κ2) is 9.33. The number of nitrogens with one attached hydrogen (secondary N) is 1. The average Bonchev–Trinajstić information content (AvgIpc) is 2.64. The van der Waals surface area contributed by atoms with Crippen LogP contribution in [0.1, 0.15) is 38.2 Å². The van der Waals surface area contributed by atoms with Crippen LogP contribution < -0.4 is 5.32 Å². The first-order chi connectivity index (χ1) is 12.4. The van der Waals surface area contributed by atoms with Gasteiger partial charge in [-0.3, -0.25) is 14.9 Å². The largest absolute Gasteiger partial charge is 0.480 e. The molecule has 0 saturated carbocycles. The number of aryl methyl sites for hydroxylation is 1. The van der Waals surface area contributed by atoms with E-state index >= 15 is 0 Å². The lowest BCUT2D eigenvalue weighted by molar-refractivity contribution is -0.153. The molecule has 0 aliphatic carbocycles. The van der Waals surface area contributed by atoms with Gasteiger partial charge in [-0.2, -0.15) is 0 Å². The van der Waals surface area contributed by atoms with Crippen LogP contribution in [0.25, 0.3) is 0 Å². The maximum absolute atomic E-state index is 12.7. The molecule has 1 amide bonds. The maximum atomic E-state index is 12.7. The van der Waals surface area contributed by atoms with Crippen LogP contribution in [0.4, 0.5) is 0 Å². The van der Waals surface area contributed by atoms with Crippen molar-refractivity contribution in [2.45, 2.75) is 57.2 Å². The molecule has 2 unspecified atom stereocenters. The molecule has 0 aromatic heterocycles. The van der Waals surface area contributed by atoms with E-state index in [0.717, 1.165) is 18.4 Å². The molecule has 1 saturated heterocycles. The number of likely N-dealkylation sites (tertiary alicyclic amines) is 1. The zero-order valence-electron chi connectivity index (χ0n) is 14.9. The van der Waals surface area contributed by atoms with Crippen LogP contribution in [0.15, 0.2) is 30.3 Å². The fraction of sp³-hybridized carbons (Fsp3) is 0.526. The van der Waals surface area contributed by atoms with E-state index in [0.29, 0.717) is 25.8 Å². The second-order valence-corrected chi connectivity index (χ2v) is 6.68. The number of hydrogen-bond acceptors (Lipinski definition) is 4. The Morgan fingerprint density at radius 3 is 2.50 bits per heavy atom. The first-order valence-electron chi connectivity index (χ1n) is 8.96. The summed E-state index contributed by atoms with van der Waals surface area (Å²) in [4.78, 5) is 36.9. The zero-order valence-corrected chi connectivity index (χ0v) is 14.9. The number of carboxylic acid groups (broad SMARTS) is 2. The fourth-order valence-corrected chi connectivity index (χ4v) is 3.31. The van der Waals surface area contributed by atoms with Crippen molar-refractivity contribution in [3.63, 3.8) is 0 Å².